The van der Waals surface area contributed by atoms with E-state index in [1.54, 1.807) is 4.90 Å². The van der Waals surface area contributed by atoms with Crippen LogP contribution in [0.25, 0.3) is 0 Å². The van der Waals surface area contributed by atoms with Gasteiger partial charge in [-0.05, 0) is 56.5 Å². The molecule has 0 saturated carbocycles. The highest BCUT2D eigenvalue weighted by atomic mass is 32.2. The Morgan fingerprint density at radius 1 is 1.11 bits per heavy atom. The van der Waals surface area contributed by atoms with Gasteiger partial charge in [0.05, 0.1) is 5.75 Å². The lowest BCUT2D eigenvalue weighted by atomic mass is 10.1. The number of amides is 2. The number of amidine groups is 1. The summed E-state index contributed by atoms with van der Waals surface area (Å²) in [4.78, 5) is 30.3. The fraction of sp³-hybridized carbons (Fsp3) is 0.286. The van der Waals surface area contributed by atoms with E-state index in [1.807, 2.05) is 52.0 Å². The molecule has 0 saturated heterocycles. The molecule has 0 bridgehead atoms. The number of carbonyl (C=O) groups is 2. The summed E-state index contributed by atoms with van der Waals surface area (Å²) in [5, 5.41) is 3.59. The van der Waals surface area contributed by atoms with Gasteiger partial charge in [0, 0.05) is 11.4 Å². The zero-order chi connectivity index (χ0) is 19.6. The number of nitrogens with zero attached hydrogens (tertiary/aromatic N) is 2. The van der Waals surface area contributed by atoms with Crippen molar-refractivity contribution in [3.8, 4) is 0 Å². The number of hydrogen-bond donors (Lipinski definition) is 1. The Hall–Kier alpha value is -2.60. The predicted molar refractivity (Wildman–Crippen MR) is 113 cm³/mol. The van der Waals surface area contributed by atoms with E-state index in [4.69, 9.17) is 0 Å². The molecule has 1 aliphatic rings. The third kappa shape index (κ3) is 4.57. The number of benzene rings is 2. The quantitative estimate of drug-likeness (QED) is 0.870. The highest BCUT2D eigenvalue weighted by molar-refractivity contribution is 8.15. The topological polar surface area (TPSA) is 61.8 Å². The van der Waals surface area contributed by atoms with Crippen LogP contribution in [-0.4, -0.2) is 29.3 Å². The molecule has 6 heteroatoms. The molecule has 2 amide bonds. The van der Waals surface area contributed by atoms with Crippen LogP contribution in [0.4, 0.5) is 11.4 Å². The molecule has 140 valence electrons. The summed E-state index contributed by atoms with van der Waals surface area (Å²) in [6.07, 6.45) is 0. The molecule has 0 fully saturated rings. The van der Waals surface area contributed by atoms with Crippen molar-refractivity contribution in [2.24, 2.45) is 4.99 Å². The molecule has 0 aromatic heterocycles. The van der Waals surface area contributed by atoms with E-state index in [2.05, 4.69) is 22.4 Å². The van der Waals surface area contributed by atoms with Gasteiger partial charge in [0.25, 0.3) is 5.91 Å². The van der Waals surface area contributed by atoms with E-state index in [1.165, 1.54) is 17.3 Å². The summed E-state index contributed by atoms with van der Waals surface area (Å²) < 4.78 is 0. The fourth-order valence-corrected chi connectivity index (χ4v) is 4.01. The molecule has 5 nitrogen and oxygen atoms in total. The van der Waals surface area contributed by atoms with Gasteiger partial charge >= 0.3 is 0 Å². The van der Waals surface area contributed by atoms with Gasteiger partial charge in [-0.15, -0.1) is 0 Å². The number of aryl methyl sites for hydroxylation is 4. The summed E-state index contributed by atoms with van der Waals surface area (Å²) in [6, 6.07) is 11.9. The number of rotatable bonds is 4. The Morgan fingerprint density at radius 3 is 2.41 bits per heavy atom. The largest absolute Gasteiger partial charge is 0.324 e. The predicted octanol–water partition coefficient (Wildman–Crippen LogP) is 3.99. The minimum absolute atomic E-state index is 0.0926. The number of nitrogens with one attached hydrogen (secondary N) is 1. The van der Waals surface area contributed by atoms with Crippen LogP contribution in [0.3, 0.4) is 0 Å². The Bertz CT molecular complexity index is 914. The third-order valence-electron chi connectivity index (χ3n) is 4.33. The first-order valence-corrected chi connectivity index (χ1v) is 9.78. The molecule has 1 aliphatic heterocycles. The van der Waals surface area contributed by atoms with Crippen LogP contribution >= 0.6 is 11.8 Å². The van der Waals surface area contributed by atoms with Gasteiger partial charge in [0.15, 0.2) is 5.17 Å². The highest BCUT2D eigenvalue weighted by Gasteiger charge is 2.24. The van der Waals surface area contributed by atoms with Crippen molar-refractivity contribution in [3.05, 3.63) is 58.7 Å². The van der Waals surface area contributed by atoms with E-state index in [0.29, 0.717) is 10.9 Å². The number of carbonyl (C=O) groups excluding carboxylic acids is 2. The standard InChI is InChI=1S/C21H23N3O2S/c1-13-6-5-7-17(10-13)24(21-23-19(26)12-27-21)11-18(25)22-20-15(3)8-14(2)9-16(20)4/h5-10H,11-12H2,1-4H3,(H,22,25). The number of thioether (sulfide) groups is 1. The van der Waals surface area contributed by atoms with Gasteiger partial charge < -0.3 is 10.2 Å². The smallest absolute Gasteiger partial charge is 0.258 e. The van der Waals surface area contributed by atoms with Crippen molar-refractivity contribution in [1.29, 1.82) is 0 Å². The maximum Gasteiger partial charge on any atom is 0.258 e. The Morgan fingerprint density at radius 2 is 1.81 bits per heavy atom. The Balaban J connectivity index is 1.85. The molecular weight excluding hydrogens is 358 g/mol. The average molecular weight is 382 g/mol. The van der Waals surface area contributed by atoms with E-state index < -0.39 is 0 Å². The van der Waals surface area contributed by atoms with Crippen LogP contribution in [0.5, 0.6) is 0 Å². The minimum atomic E-state index is -0.168. The van der Waals surface area contributed by atoms with Crippen molar-refractivity contribution < 1.29 is 9.59 Å². The second-order valence-electron chi connectivity index (χ2n) is 6.82. The molecule has 0 aliphatic carbocycles. The second-order valence-corrected chi connectivity index (χ2v) is 7.77. The molecule has 3 rings (SSSR count). The molecule has 2 aromatic carbocycles. The van der Waals surface area contributed by atoms with Gasteiger partial charge in [-0.25, -0.2) is 0 Å². The second kappa shape index (κ2) is 7.96. The summed E-state index contributed by atoms with van der Waals surface area (Å²) in [7, 11) is 0. The highest BCUT2D eigenvalue weighted by Crippen LogP contribution is 2.25. The molecule has 27 heavy (non-hydrogen) atoms. The average Bonchev–Trinajstić information content (AvgIpc) is 3.02. The molecule has 0 unspecified atom stereocenters. The van der Waals surface area contributed by atoms with Gasteiger partial charge in [0.2, 0.25) is 5.91 Å². The molecular formula is C21H23N3O2S. The zero-order valence-electron chi connectivity index (χ0n) is 16.0. The van der Waals surface area contributed by atoms with Crippen molar-refractivity contribution >= 4 is 40.1 Å². The first-order valence-electron chi connectivity index (χ1n) is 8.79. The van der Waals surface area contributed by atoms with Crippen molar-refractivity contribution in [3.63, 3.8) is 0 Å². The molecule has 0 spiro atoms. The summed E-state index contributed by atoms with van der Waals surface area (Å²) in [6.45, 7) is 8.11. The van der Waals surface area contributed by atoms with Gasteiger partial charge in [-0.3, -0.25) is 9.59 Å². The third-order valence-corrected chi connectivity index (χ3v) is 5.29. The lowest BCUT2D eigenvalue weighted by molar-refractivity contribution is -0.116. The van der Waals surface area contributed by atoms with Crippen LogP contribution in [0.1, 0.15) is 22.3 Å². The molecule has 0 radical (unpaired) electrons. The molecule has 2 aromatic rings. The first kappa shape index (κ1) is 19.2. The Kier molecular flexibility index (Phi) is 5.65. The van der Waals surface area contributed by atoms with Crippen molar-refractivity contribution in [2.45, 2.75) is 27.7 Å². The molecule has 0 atom stereocenters. The van der Waals surface area contributed by atoms with Gasteiger partial charge in [0.1, 0.15) is 6.54 Å². The lowest BCUT2D eigenvalue weighted by Crippen LogP contribution is -2.36. The fourth-order valence-electron chi connectivity index (χ4n) is 3.20. The van der Waals surface area contributed by atoms with Crippen LogP contribution < -0.4 is 10.2 Å². The SMILES string of the molecule is Cc1cccc(N(CC(=O)Nc2c(C)cc(C)cc2C)C2=NC(=O)CS2)c1. The van der Waals surface area contributed by atoms with Crippen LogP contribution in [0, 0.1) is 27.7 Å². The van der Waals surface area contributed by atoms with Crippen molar-refractivity contribution in [1.82, 2.24) is 0 Å². The minimum Gasteiger partial charge on any atom is -0.324 e. The van der Waals surface area contributed by atoms with E-state index in [9.17, 15) is 9.59 Å². The van der Waals surface area contributed by atoms with Gasteiger partial charge in [-0.2, -0.15) is 4.99 Å². The first-order chi connectivity index (χ1) is 12.8. The van der Waals surface area contributed by atoms with E-state index in [-0.39, 0.29) is 18.4 Å². The zero-order valence-corrected chi connectivity index (χ0v) is 16.8. The van der Waals surface area contributed by atoms with Gasteiger partial charge in [-0.1, -0.05) is 41.6 Å². The van der Waals surface area contributed by atoms with Crippen LogP contribution in [0.15, 0.2) is 41.4 Å². The van der Waals surface area contributed by atoms with E-state index >= 15 is 0 Å². The van der Waals surface area contributed by atoms with Crippen LogP contribution in [0.2, 0.25) is 0 Å². The number of hydrogen-bond acceptors (Lipinski definition) is 4. The summed E-state index contributed by atoms with van der Waals surface area (Å²) in [5.74, 6) is 0.00242. The molecule has 1 heterocycles. The maximum absolute atomic E-state index is 12.8. The number of aliphatic imine (C=N–C) groups is 1. The monoisotopic (exact) mass is 381 g/mol. The molecule has 1 N–H and O–H groups in total. The normalized spacial score (nSPS) is 13.5. The van der Waals surface area contributed by atoms with Crippen molar-refractivity contribution in [2.75, 3.05) is 22.5 Å². The number of anilines is 2. The summed E-state index contributed by atoms with van der Waals surface area (Å²) >= 11 is 1.36. The van der Waals surface area contributed by atoms with E-state index in [0.717, 1.165) is 28.1 Å². The lowest BCUT2D eigenvalue weighted by Gasteiger charge is -2.24. The van der Waals surface area contributed by atoms with Crippen LogP contribution in [-0.2, 0) is 9.59 Å². The summed E-state index contributed by atoms with van der Waals surface area (Å²) in [5.41, 5.74) is 6.00. The maximum atomic E-state index is 12.8. The Labute approximate surface area is 163 Å².